The van der Waals surface area contributed by atoms with Crippen LogP contribution >= 0.6 is 0 Å². The van der Waals surface area contributed by atoms with E-state index >= 15 is 0 Å². The molecule has 2 aromatic rings. The second-order valence-corrected chi connectivity index (χ2v) is 5.02. The first-order chi connectivity index (χ1) is 10.7. The molecular formula is C18H22N2O2. The van der Waals surface area contributed by atoms with Gasteiger partial charge in [0.2, 0.25) is 5.91 Å². The maximum absolute atomic E-state index is 12.2. The molecule has 0 aliphatic heterocycles. The van der Waals surface area contributed by atoms with Gasteiger partial charge in [-0.05, 0) is 24.6 Å². The minimum Gasteiger partial charge on any atom is -0.492 e. The summed E-state index contributed by atoms with van der Waals surface area (Å²) in [6.45, 7) is 3.39. The van der Waals surface area contributed by atoms with E-state index in [0.29, 0.717) is 13.2 Å². The summed E-state index contributed by atoms with van der Waals surface area (Å²) in [5.74, 6) is 0.804. The predicted molar refractivity (Wildman–Crippen MR) is 89.0 cm³/mol. The maximum atomic E-state index is 12.2. The van der Waals surface area contributed by atoms with Crippen molar-refractivity contribution < 1.29 is 9.53 Å². The highest BCUT2D eigenvalue weighted by Gasteiger charge is 2.10. The number of nitrogens with zero attached hydrogens (tertiary/aromatic N) is 1. The zero-order valence-corrected chi connectivity index (χ0v) is 13.1. The molecule has 1 amide bonds. The van der Waals surface area contributed by atoms with Crippen molar-refractivity contribution >= 4 is 11.6 Å². The highest BCUT2D eigenvalue weighted by Crippen LogP contribution is 2.23. The van der Waals surface area contributed by atoms with Gasteiger partial charge in [-0.2, -0.15) is 0 Å². The summed E-state index contributed by atoms with van der Waals surface area (Å²) in [6.07, 6.45) is 0. The van der Waals surface area contributed by atoms with Crippen LogP contribution in [0.25, 0.3) is 0 Å². The molecule has 2 aromatic carbocycles. The van der Waals surface area contributed by atoms with Gasteiger partial charge in [0.05, 0.1) is 18.8 Å². The molecule has 0 atom stereocenters. The zero-order chi connectivity index (χ0) is 15.8. The Labute approximate surface area is 131 Å². The van der Waals surface area contributed by atoms with Gasteiger partial charge in [0.15, 0.2) is 0 Å². The quantitative estimate of drug-likeness (QED) is 0.853. The van der Waals surface area contributed by atoms with E-state index in [0.717, 1.165) is 17.0 Å². The third-order valence-corrected chi connectivity index (χ3v) is 3.31. The predicted octanol–water partition coefficient (Wildman–Crippen LogP) is 3.16. The van der Waals surface area contributed by atoms with Crippen LogP contribution < -0.4 is 10.1 Å². The van der Waals surface area contributed by atoms with Gasteiger partial charge < -0.3 is 15.0 Å². The Morgan fingerprint density at radius 2 is 1.77 bits per heavy atom. The number of likely N-dealkylation sites (N-methyl/N-ethyl adjacent to an activating group) is 1. The van der Waals surface area contributed by atoms with Crippen molar-refractivity contribution in [2.24, 2.45) is 0 Å². The maximum Gasteiger partial charge on any atom is 0.241 e. The molecule has 0 unspecified atom stereocenters. The molecule has 0 spiro atoms. The molecule has 2 rings (SSSR count). The Morgan fingerprint density at radius 3 is 2.50 bits per heavy atom. The Kier molecular flexibility index (Phi) is 5.83. The highest BCUT2D eigenvalue weighted by molar-refractivity contribution is 5.81. The molecule has 22 heavy (non-hydrogen) atoms. The van der Waals surface area contributed by atoms with E-state index in [1.54, 1.807) is 4.90 Å². The zero-order valence-electron chi connectivity index (χ0n) is 13.1. The van der Waals surface area contributed by atoms with E-state index in [4.69, 9.17) is 4.74 Å². The van der Waals surface area contributed by atoms with Gasteiger partial charge in [-0.15, -0.1) is 0 Å². The normalized spacial score (nSPS) is 10.1. The summed E-state index contributed by atoms with van der Waals surface area (Å²) in [6, 6.07) is 17.6. The lowest BCUT2D eigenvalue weighted by Crippen LogP contribution is -2.31. The number of amides is 1. The first-order valence-corrected chi connectivity index (χ1v) is 7.44. The summed E-state index contributed by atoms with van der Waals surface area (Å²) < 4.78 is 5.54. The number of carbonyl (C=O) groups excluding carboxylic acids is 1. The van der Waals surface area contributed by atoms with Crippen LogP contribution in [0.1, 0.15) is 12.5 Å². The van der Waals surface area contributed by atoms with Crippen LogP contribution in [-0.4, -0.2) is 31.0 Å². The SMILES string of the molecule is CCOc1ccccc1NCC(=O)N(C)Cc1ccccc1. The second kappa shape index (κ2) is 8.08. The van der Waals surface area contributed by atoms with Gasteiger partial charge in [-0.25, -0.2) is 0 Å². The van der Waals surface area contributed by atoms with Crippen molar-refractivity contribution in [2.45, 2.75) is 13.5 Å². The summed E-state index contributed by atoms with van der Waals surface area (Å²) >= 11 is 0. The number of hydrogen-bond acceptors (Lipinski definition) is 3. The average molecular weight is 298 g/mol. The molecule has 0 fully saturated rings. The minimum absolute atomic E-state index is 0.0372. The fourth-order valence-corrected chi connectivity index (χ4v) is 2.15. The second-order valence-electron chi connectivity index (χ2n) is 5.02. The summed E-state index contributed by atoms with van der Waals surface area (Å²) in [4.78, 5) is 13.9. The first-order valence-electron chi connectivity index (χ1n) is 7.44. The van der Waals surface area contributed by atoms with E-state index in [2.05, 4.69) is 5.32 Å². The van der Waals surface area contributed by atoms with Gasteiger partial charge in [0, 0.05) is 13.6 Å². The van der Waals surface area contributed by atoms with Crippen LogP contribution in [0.3, 0.4) is 0 Å². The van der Waals surface area contributed by atoms with Crippen molar-refractivity contribution in [1.29, 1.82) is 0 Å². The van der Waals surface area contributed by atoms with E-state index in [1.807, 2.05) is 68.6 Å². The number of nitrogens with one attached hydrogen (secondary N) is 1. The summed E-state index contributed by atoms with van der Waals surface area (Å²) in [7, 11) is 1.81. The number of hydrogen-bond donors (Lipinski definition) is 1. The van der Waals surface area contributed by atoms with Crippen LogP contribution in [0.5, 0.6) is 5.75 Å². The molecule has 0 saturated heterocycles. The monoisotopic (exact) mass is 298 g/mol. The van der Waals surface area contributed by atoms with Crippen LogP contribution in [0.15, 0.2) is 54.6 Å². The molecule has 0 bridgehead atoms. The van der Waals surface area contributed by atoms with Gasteiger partial charge >= 0.3 is 0 Å². The van der Waals surface area contributed by atoms with E-state index < -0.39 is 0 Å². The van der Waals surface area contributed by atoms with Crippen LogP contribution in [0.2, 0.25) is 0 Å². The molecule has 0 radical (unpaired) electrons. The summed E-state index contributed by atoms with van der Waals surface area (Å²) in [5, 5.41) is 3.15. The highest BCUT2D eigenvalue weighted by atomic mass is 16.5. The smallest absolute Gasteiger partial charge is 0.241 e. The summed E-state index contributed by atoms with van der Waals surface area (Å²) in [5.41, 5.74) is 1.96. The van der Waals surface area contributed by atoms with Crippen LogP contribution in [0, 0.1) is 0 Å². The number of rotatable bonds is 7. The van der Waals surface area contributed by atoms with E-state index in [-0.39, 0.29) is 12.5 Å². The molecule has 4 nitrogen and oxygen atoms in total. The number of carbonyl (C=O) groups is 1. The fraction of sp³-hybridized carbons (Fsp3) is 0.278. The van der Waals surface area contributed by atoms with E-state index in [1.165, 1.54) is 0 Å². The molecular weight excluding hydrogens is 276 g/mol. The number of ether oxygens (including phenoxy) is 1. The molecule has 0 aliphatic rings. The van der Waals surface area contributed by atoms with Gasteiger partial charge in [-0.3, -0.25) is 4.79 Å². The van der Waals surface area contributed by atoms with Gasteiger partial charge in [0.25, 0.3) is 0 Å². The fourth-order valence-electron chi connectivity index (χ4n) is 2.15. The Bertz CT molecular complexity index is 599. The topological polar surface area (TPSA) is 41.6 Å². The molecule has 0 aromatic heterocycles. The standard InChI is InChI=1S/C18H22N2O2/c1-3-22-17-12-8-7-11-16(17)19-13-18(21)20(2)14-15-9-5-4-6-10-15/h4-12,19H,3,13-14H2,1-2H3. The number of anilines is 1. The number of benzene rings is 2. The molecule has 0 saturated carbocycles. The van der Waals surface area contributed by atoms with E-state index in [9.17, 15) is 4.79 Å². The van der Waals surface area contributed by atoms with Gasteiger partial charge in [0.1, 0.15) is 5.75 Å². The van der Waals surface area contributed by atoms with Crippen LogP contribution in [-0.2, 0) is 11.3 Å². The lowest BCUT2D eigenvalue weighted by Gasteiger charge is -2.18. The molecule has 1 N–H and O–H groups in total. The van der Waals surface area contributed by atoms with Gasteiger partial charge in [-0.1, -0.05) is 42.5 Å². The Hall–Kier alpha value is -2.49. The minimum atomic E-state index is 0.0372. The van der Waals surface area contributed by atoms with Crippen LogP contribution in [0.4, 0.5) is 5.69 Å². The molecule has 0 heterocycles. The van der Waals surface area contributed by atoms with Crippen molar-refractivity contribution in [3.8, 4) is 5.75 Å². The van der Waals surface area contributed by atoms with Crippen molar-refractivity contribution in [3.63, 3.8) is 0 Å². The largest absolute Gasteiger partial charge is 0.492 e. The first kappa shape index (κ1) is 15.9. The lowest BCUT2D eigenvalue weighted by molar-refractivity contribution is -0.128. The molecule has 0 aliphatic carbocycles. The third kappa shape index (κ3) is 4.52. The molecule has 116 valence electrons. The Balaban J connectivity index is 1.89. The molecule has 4 heteroatoms. The lowest BCUT2D eigenvalue weighted by atomic mass is 10.2. The Morgan fingerprint density at radius 1 is 1.09 bits per heavy atom. The number of para-hydroxylation sites is 2. The van der Waals surface area contributed by atoms with Crippen molar-refractivity contribution in [2.75, 3.05) is 25.5 Å². The van der Waals surface area contributed by atoms with Crippen molar-refractivity contribution in [3.05, 3.63) is 60.2 Å². The van der Waals surface area contributed by atoms with Crippen molar-refractivity contribution in [1.82, 2.24) is 4.90 Å². The average Bonchev–Trinajstić information content (AvgIpc) is 2.55. The third-order valence-electron chi connectivity index (χ3n) is 3.31.